The van der Waals surface area contributed by atoms with Gasteiger partial charge in [-0.3, -0.25) is 9.59 Å². The van der Waals surface area contributed by atoms with Crippen LogP contribution in [-0.2, 0) is 4.79 Å². The molecule has 0 saturated carbocycles. The molecule has 148 valence electrons. The van der Waals surface area contributed by atoms with Gasteiger partial charge in [-0.2, -0.15) is 0 Å². The predicted octanol–water partition coefficient (Wildman–Crippen LogP) is 3.72. The van der Waals surface area contributed by atoms with Crippen molar-refractivity contribution in [3.63, 3.8) is 0 Å². The van der Waals surface area contributed by atoms with Gasteiger partial charge in [0.15, 0.2) is 11.5 Å². The largest absolute Gasteiger partial charge is 0.507 e. The molecule has 7 nitrogen and oxygen atoms in total. The Kier molecular flexibility index (Phi) is 6.03. The number of carbonyl (C=O) groups is 2. The first-order valence-corrected chi connectivity index (χ1v) is 8.86. The van der Waals surface area contributed by atoms with Crippen LogP contribution in [0.15, 0.2) is 5.57 Å². The summed E-state index contributed by atoms with van der Waals surface area (Å²) < 4.78 is 22.7. The van der Waals surface area contributed by atoms with Crippen LogP contribution in [0.4, 0.5) is 0 Å². The first-order chi connectivity index (χ1) is 12.7. The Bertz CT molecular complexity index is 803. The lowest BCUT2D eigenvalue weighted by Gasteiger charge is -2.27. The number of aliphatic hydroxyl groups is 1. The van der Waals surface area contributed by atoms with E-state index >= 15 is 0 Å². The van der Waals surface area contributed by atoms with Gasteiger partial charge in [0, 0.05) is 5.57 Å². The summed E-state index contributed by atoms with van der Waals surface area (Å²) in [5, 5.41) is 10.7. The molecule has 1 aromatic rings. The van der Waals surface area contributed by atoms with E-state index in [2.05, 4.69) is 0 Å². The fraction of sp³-hybridized carbons (Fsp3) is 0.500. The van der Waals surface area contributed by atoms with Crippen LogP contribution in [0, 0.1) is 0 Å². The number of aliphatic hydroxyl groups excluding tert-OH is 1. The summed E-state index contributed by atoms with van der Waals surface area (Å²) in [6.45, 7) is 8.96. The molecule has 0 heterocycles. The summed E-state index contributed by atoms with van der Waals surface area (Å²) in [7, 11) is 2.76. The highest BCUT2D eigenvalue weighted by molar-refractivity contribution is 6.53. The fourth-order valence-electron chi connectivity index (χ4n) is 3.01. The van der Waals surface area contributed by atoms with Crippen molar-refractivity contribution in [2.75, 3.05) is 14.2 Å². The van der Waals surface area contributed by atoms with E-state index < -0.39 is 11.6 Å². The second-order valence-corrected chi connectivity index (χ2v) is 6.65. The van der Waals surface area contributed by atoms with Crippen LogP contribution >= 0.6 is 0 Å². The van der Waals surface area contributed by atoms with Crippen LogP contribution in [0.1, 0.15) is 57.0 Å². The van der Waals surface area contributed by atoms with E-state index in [-0.39, 0.29) is 64.1 Å². The smallest absolute Gasteiger partial charge is 0.238 e. The lowest BCUT2D eigenvalue weighted by atomic mass is 9.85. The summed E-state index contributed by atoms with van der Waals surface area (Å²) in [6.07, 6.45) is -0.305. The molecule has 27 heavy (non-hydrogen) atoms. The van der Waals surface area contributed by atoms with Crippen molar-refractivity contribution in [1.29, 1.82) is 0 Å². The third-order valence-electron chi connectivity index (χ3n) is 4.02. The van der Waals surface area contributed by atoms with Gasteiger partial charge in [0.2, 0.25) is 23.1 Å². The molecule has 0 spiro atoms. The monoisotopic (exact) mass is 378 g/mol. The molecule has 2 rings (SSSR count). The van der Waals surface area contributed by atoms with E-state index in [0.29, 0.717) is 0 Å². The molecule has 0 amide bonds. The molecule has 1 aliphatic carbocycles. The van der Waals surface area contributed by atoms with Gasteiger partial charge in [-0.15, -0.1) is 0 Å². The molecular formula is C20H26O7. The van der Waals surface area contributed by atoms with E-state index in [0.717, 1.165) is 0 Å². The third kappa shape index (κ3) is 3.46. The summed E-state index contributed by atoms with van der Waals surface area (Å²) >= 11 is 0. The number of allylic oxidation sites excluding steroid dienone is 1. The highest BCUT2D eigenvalue weighted by Crippen LogP contribution is 2.54. The molecule has 0 atom stereocenters. The number of benzene rings is 1. The minimum atomic E-state index is -0.778. The standard InChI is InChI=1S/C20H26O7/c1-8-11-14(21)12-13(16(23)15(11)22)18(25-7)20(27-10(4)5)19(17(12)24-6)26-9(2)3/h9-10,21H,8H2,1-7H3. The van der Waals surface area contributed by atoms with Crippen molar-refractivity contribution in [3.05, 3.63) is 16.7 Å². The van der Waals surface area contributed by atoms with E-state index in [1.807, 2.05) is 27.7 Å². The number of hydrogen-bond donors (Lipinski definition) is 1. The quantitative estimate of drug-likeness (QED) is 0.723. The van der Waals surface area contributed by atoms with Gasteiger partial charge in [-0.25, -0.2) is 0 Å². The van der Waals surface area contributed by atoms with Crippen molar-refractivity contribution in [3.8, 4) is 23.0 Å². The fourth-order valence-corrected chi connectivity index (χ4v) is 3.01. The van der Waals surface area contributed by atoms with E-state index in [1.54, 1.807) is 6.92 Å². The Hall–Kier alpha value is -2.70. The van der Waals surface area contributed by atoms with Crippen LogP contribution in [0.25, 0.3) is 5.76 Å². The number of Topliss-reactive ketones (excluding diaryl/α,β-unsaturated/α-hetero) is 2. The summed E-state index contributed by atoms with van der Waals surface area (Å²) in [4.78, 5) is 25.3. The van der Waals surface area contributed by atoms with Gasteiger partial charge in [0.05, 0.1) is 37.6 Å². The Morgan fingerprint density at radius 1 is 0.778 bits per heavy atom. The van der Waals surface area contributed by atoms with Gasteiger partial charge < -0.3 is 24.1 Å². The predicted molar refractivity (Wildman–Crippen MR) is 100 cm³/mol. The Labute approximate surface area is 158 Å². The van der Waals surface area contributed by atoms with Crippen LogP contribution < -0.4 is 18.9 Å². The average Bonchev–Trinajstić information content (AvgIpc) is 2.59. The molecule has 1 N–H and O–H groups in total. The van der Waals surface area contributed by atoms with Crippen molar-refractivity contribution < 1.29 is 33.6 Å². The van der Waals surface area contributed by atoms with Crippen LogP contribution in [0.5, 0.6) is 23.0 Å². The molecule has 0 unspecified atom stereocenters. The van der Waals surface area contributed by atoms with Crippen LogP contribution in [0.3, 0.4) is 0 Å². The van der Waals surface area contributed by atoms with Crippen molar-refractivity contribution in [2.24, 2.45) is 0 Å². The maximum absolute atomic E-state index is 12.8. The maximum atomic E-state index is 12.8. The maximum Gasteiger partial charge on any atom is 0.238 e. The molecular weight excluding hydrogens is 352 g/mol. The number of methoxy groups -OCH3 is 2. The molecule has 0 saturated heterocycles. The normalized spacial score (nSPS) is 14.0. The van der Waals surface area contributed by atoms with E-state index in [9.17, 15) is 14.7 Å². The molecule has 7 heteroatoms. The number of rotatable bonds is 7. The first kappa shape index (κ1) is 20.6. The number of ketones is 2. The van der Waals surface area contributed by atoms with Crippen molar-refractivity contribution >= 4 is 17.3 Å². The van der Waals surface area contributed by atoms with Crippen molar-refractivity contribution in [1.82, 2.24) is 0 Å². The molecule has 0 bridgehead atoms. The zero-order valence-corrected chi connectivity index (χ0v) is 16.8. The lowest BCUT2D eigenvalue weighted by Crippen LogP contribution is -2.26. The van der Waals surface area contributed by atoms with Gasteiger partial charge in [0.1, 0.15) is 5.76 Å². The topological polar surface area (TPSA) is 91.3 Å². The molecule has 0 radical (unpaired) electrons. The van der Waals surface area contributed by atoms with E-state index in [1.165, 1.54) is 14.2 Å². The summed E-state index contributed by atoms with van der Waals surface area (Å²) in [5.74, 6) is -1.33. The molecule has 1 aromatic carbocycles. The Morgan fingerprint density at radius 2 is 1.22 bits per heavy atom. The second-order valence-electron chi connectivity index (χ2n) is 6.65. The number of fused-ring (bicyclic) bond motifs is 1. The lowest BCUT2D eigenvalue weighted by molar-refractivity contribution is -0.112. The molecule has 1 aliphatic rings. The highest BCUT2D eigenvalue weighted by Gasteiger charge is 2.41. The van der Waals surface area contributed by atoms with Gasteiger partial charge >= 0.3 is 0 Å². The molecule has 0 aliphatic heterocycles. The zero-order chi connectivity index (χ0) is 20.5. The van der Waals surface area contributed by atoms with Gasteiger partial charge in [-0.05, 0) is 34.1 Å². The number of carbonyl (C=O) groups excluding carboxylic acids is 2. The summed E-state index contributed by atoms with van der Waals surface area (Å²) in [5.41, 5.74) is 0.0317. The van der Waals surface area contributed by atoms with Crippen LogP contribution in [-0.4, -0.2) is 43.1 Å². The second kappa shape index (κ2) is 7.90. The van der Waals surface area contributed by atoms with Crippen molar-refractivity contribution in [2.45, 2.75) is 53.2 Å². The van der Waals surface area contributed by atoms with Crippen LogP contribution in [0.2, 0.25) is 0 Å². The highest BCUT2D eigenvalue weighted by atomic mass is 16.6. The first-order valence-electron chi connectivity index (χ1n) is 8.86. The Morgan fingerprint density at radius 3 is 1.59 bits per heavy atom. The average molecular weight is 378 g/mol. The van der Waals surface area contributed by atoms with Gasteiger partial charge in [-0.1, -0.05) is 6.92 Å². The van der Waals surface area contributed by atoms with Gasteiger partial charge in [0.25, 0.3) is 0 Å². The minimum Gasteiger partial charge on any atom is -0.507 e. The third-order valence-corrected chi connectivity index (χ3v) is 4.02. The summed E-state index contributed by atoms with van der Waals surface area (Å²) in [6, 6.07) is 0. The van der Waals surface area contributed by atoms with E-state index in [4.69, 9.17) is 18.9 Å². The molecule has 0 fully saturated rings. The Balaban J connectivity index is 3.02. The molecule has 0 aromatic heterocycles. The SMILES string of the molecule is CCC1=C(O)c2c(OC)c(OC(C)C)c(OC(C)C)c(OC)c2C(=O)C1=O. The number of ether oxygens (including phenoxy) is 4. The zero-order valence-electron chi connectivity index (χ0n) is 16.8. The minimum absolute atomic E-state index is 0.0286. The number of hydrogen-bond acceptors (Lipinski definition) is 7.